The Kier molecular flexibility index (Phi) is 8.91. The smallest absolute Gasteiger partial charge is 0.326 e. The standard InChI is InChI=1S/C20H30N6O7/c1-10(2)16(19(31)26-5-3-4-14(26)20(32)33)25-18(30)13(7-15(27)28)24-17(29)12(21)6-11-8-22-9-23-11/h8-10,12-14,16H,3-7,21H2,1-2H3,(H,22,23)(H,24,29)(H,25,30)(H,27,28)(H,32,33). The van der Waals surface area contributed by atoms with Crippen molar-refractivity contribution >= 4 is 29.7 Å². The number of likely N-dealkylation sites (tertiary alicyclic amines) is 1. The summed E-state index contributed by atoms with van der Waals surface area (Å²) in [7, 11) is 0. The van der Waals surface area contributed by atoms with Gasteiger partial charge < -0.3 is 36.5 Å². The fraction of sp³-hybridized carbons (Fsp3) is 0.600. The van der Waals surface area contributed by atoms with Crippen LogP contribution in [0.5, 0.6) is 0 Å². The van der Waals surface area contributed by atoms with Gasteiger partial charge in [-0.3, -0.25) is 19.2 Å². The molecule has 3 amide bonds. The van der Waals surface area contributed by atoms with Gasteiger partial charge >= 0.3 is 11.9 Å². The number of hydrogen-bond acceptors (Lipinski definition) is 7. The van der Waals surface area contributed by atoms with Crippen LogP contribution in [0, 0.1) is 5.92 Å². The molecule has 1 aromatic heterocycles. The Hall–Kier alpha value is -3.48. The number of aliphatic carboxylic acids is 2. The maximum Gasteiger partial charge on any atom is 0.326 e. The normalized spacial score (nSPS) is 18.4. The number of hydrogen-bond donors (Lipinski definition) is 6. The Labute approximate surface area is 190 Å². The van der Waals surface area contributed by atoms with E-state index in [0.29, 0.717) is 18.5 Å². The molecule has 1 aromatic rings. The number of nitrogens with two attached hydrogens (primary N) is 1. The van der Waals surface area contributed by atoms with Crippen molar-refractivity contribution in [1.82, 2.24) is 25.5 Å². The molecule has 4 atom stereocenters. The first-order valence-electron chi connectivity index (χ1n) is 10.6. The van der Waals surface area contributed by atoms with Crippen LogP contribution in [-0.2, 0) is 30.4 Å². The number of imidazole rings is 1. The molecule has 13 nitrogen and oxygen atoms in total. The Morgan fingerprint density at radius 2 is 1.91 bits per heavy atom. The van der Waals surface area contributed by atoms with Gasteiger partial charge in [-0.05, 0) is 18.8 Å². The third-order valence-electron chi connectivity index (χ3n) is 5.39. The predicted molar refractivity (Wildman–Crippen MR) is 114 cm³/mol. The molecule has 182 valence electrons. The number of aromatic nitrogens is 2. The fourth-order valence-electron chi connectivity index (χ4n) is 3.62. The Balaban J connectivity index is 2.10. The van der Waals surface area contributed by atoms with Crippen LogP contribution < -0.4 is 16.4 Å². The molecule has 0 radical (unpaired) electrons. The lowest BCUT2D eigenvalue weighted by Gasteiger charge is -2.30. The summed E-state index contributed by atoms with van der Waals surface area (Å²) >= 11 is 0. The molecule has 1 aliphatic rings. The van der Waals surface area contributed by atoms with Gasteiger partial charge in [0.25, 0.3) is 0 Å². The van der Waals surface area contributed by atoms with Crippen molar-refractivity contribution < 1.29 is 34.2 Å². The number of carboxylic acid groups (broad SMARTS) is 2. The summed E-state index contributed by atoms with van der Waals surface area (Å²) in [5.74, 6) is -5.08. The first-order chi connectivity index (χ1) is 15.5. The molecule has 2 heterocycles. The lowest BCUT2D eigenvalue weighted by molar-refractivity contribution is -0.150. The first-order valence-corrected chi connectivity index (χ1v) is 10.6. The third-order valence-corrected chi connectivity index (χ3v) is 5.39. The van der Waals surface area contributed by atoms with Gasteiger partial charge in [0.1, 0.15) is 18.1 Å². The highest BCUT2D eigenvalue weighted by molar-refractivity contribution is 5.95. The van der Waals surface area contributed by atoms with Gasteiger partial charge in [0, 0.05) is 24.9 Å². The number of carbonyl (C=O) groups excluding carboxylic acids is 3. The monoisotopic (exact) mass is 466 g/mol. The maximum absolute atomic E-state index is 13.0. The quantitative estimate of drug-likeness (QED) is 0.223. The summed E-state index contributed by atoms with van der Waals surface area (Å²) in [6.07, 6.45) is 3.09. The zero-order valence-electron chi connectivity index (χ0n) is 18.5. The van der Waals surface area contributed by atoms with Crippen LogP contribution in [0.4, 0.5) is 0 Å². The summed E-state index contributed by atoms with van der Waals surface area (Å²) in [5, 5.41) is 23.4. The molecule has 1 saturated heterocycles. The first kappa shape index (κ1) is 25.8. The SMILES string of the molecule is CC(C)C(NC(=O)C(CC(=O)O)NC(=O)C(N)Cc1cnc[nH]1)C(=O)N1CCCC1C(=O)O. The van der Waals surface area contributed by atoms with Gasteiger partial charge in [0.15, 0.2) is 0 Å². The molecular weight excluding hydrogens is 436 g/mol. The van der Waals surface area contributed by atoms with Crippen LogP contribution in [0.25, 0.3) is 0 Å². The van der Waals surface area contributed by atoms with Crippen LogP contribution in [0.3, 0.4) is 0 Å². The van der Waals surface area contributed by atoms with Crippen molar-refractivity contribution in [1.29, 1.82) is 0 Å². The highest BCUT2D eigenvalue weighted by atomic mass is 16.4. The second-order valence-corrected chi connectivity index (χ2v) is 8.30. The van der Waals surface area contributed by atoms with E-state index in [0.717, 1.165) is 0 Å². The number of carbonyl (C=O) groups is 5. The summed E-state index contributed by atoms with van der Waals surface area (Å²) in [6.45, 7) is 3.58. The van der Waals surface area contributed by atoms with Crippen LogP contribution in [0.15, 0.2) is 12.5 Å². The minimum atomic E-state index is -1.48. The molecule has 7 N–H and O–H groups in total. The van der Waals surface area contributed by atoms with Crippen molar-refractivity contribution in [2.24, 2.45) is 11.7 Å². The van der Waals surface area contributed by atoms with E-state index in [1.807, 2.05) is 0 Å². The number of amides is 3. The highest BCUT2D eigenvalue weighted by Crippen LogP contribution is 2.20. The van der Waals surface area contributed by atoms with E-state index in [-0.39, 0.29) is 13.0 Å². The van der Waals surface area contributed by atoms with E-state index >= 15 is 0 Å². The van der Waals surface area contributed by atoms with Crippen LogP contribution >= 0.6 is 0 Å². The van der Waals surface area contributed by atoms with E-state index in [1.165, 1.54) is 17.4 Å². The molecular formula is C20H30N6O7. The molecule has 1 fully saturated rings. The number of H-pyrrole nitrogens is 1. The topological polar surface area (TPSA) is 208 Å². The second-order valence-electron chi connectivity index (χ2n) is 8.30. The van der Waals surface area contributed by atoms with Crippen LogP contribution in [0.1, 0.15) is 38.8 Å². The zero-order valence-corrected chi connectivity index (χ0v) is 18.5. The molecule has 0 aromatic carbocycles. The molecule has 0 aliphatic carbocycles. The van der Waals surface area contributed by atoms with Crippen molar-refractivity contribution in [2.75, 3.05) is 6.54 Å². The minimum Gasteiger partial charge on any atom is -0.481 e. The molecule has 33 heavy (non-hydrogen) atoms. The summed E-state index contributed by atoms with van der Waals surface area (Å²) in [6, 6.07) is -4.63. The Bertz CT molecular complexity index is 872. The minimum absolute atomic E-state index is 0.0892. The van der Waals surface area contributed by atoms with Crippen LogP contribution in [0.2, 0.25) is 0 Å². The fourth-order valence-corrected chi connectivity index (χ4v) is 3.62. The summed E-state index contributed by atoms with van der Waals surface area (Å²) in [4.78, 5) is 68.9. The number of aromatic amines is 1. The number of nitrogens with zero attached hydrogens (tertiary/aromatic N) is 2. The summed E-state index contributed by atoms with van der Waals surface area (Å²) < 4.78 is 0. The molecule has 0 saturated carbocycles. The number of carboxylic acids is 2. The zero-order chi connectivity index (χ0) is 24.7. The van der Waals surface area contributed by atoms with Gasteiger partial charge in [0.05, 0.1) is 18.8 Å². The van der Waals surface area contributed by atoms with Gasteiger partial charge in [0.2, 0.25) is 17.7 Å². The van der Waals surface area contributed by atoms with E-state index in [4.69, 9.17) is 5.73 Å². The third kappa shape index (κ3) is 7.00. The number of rotatable bonds is 11. The second kappa shape index (κ2) is 11.4. The molecule has 0 spiro atoms. The molecule has 1 aliphatic heterocycles. The van der Waals surface area contributed by atoms with Gasteiger partial charge in [-0.25, -0.2) is 9.78 Å². The van der Waals surface area contributed by atoms with Gasteiger partial charge in [-0.2, -0.15) is 0 Å². The lowest BCUT2D eigenvalue weighted by atomic mass is 10.0. The van der Waals surface area contributed by atoms with E-state index in [1.54, 1.807) is 13.8 Å². The van der Waals surface area contributed by atoms with Gasteiger partial charge in [-0.15, -0.1) is 0 Å². The number of nitrogens with one attached hydrogen (secondary N) is 3. The molecule has 13 heteroatoms. The van der Waals surface area contributed by atoms with E-state index in [2.05, 4.69) is 20.6 Å². The van der Waals surface area contributed by atoms with Crippen molar-refractivity contribution in [3.05, 3.63) is 18.2 Å². The molecule has 4 unspecified atom stereocenters. The van der Waals surface area contributed by atoms with Crippen LogP contribution in [-0.4, -0.2) is 85.5 Å². The largest absolute Gasteiger partial charge is 0.481 e. The maximum atomic E-state index is 13.0. The van der Waals surface area contributed by atoms with E-state index in [9.17, 15) is 34.2 Å². The molecule has 2 rings (SSSR count). The van der Waals surface area contributed by atoms with Crippen molar-refractivity contribution in [3.8, 4) is 0 Å². The predicted octanol–water partition coefficient (Wildman–Crippen LogP) is -1.54. The average Bonchev–Trinajstić information content (AvgIpc) is 3.42. The Morgan fingerprint density at radius 3 is 2.45 bits per heavy atom. The Morgan fingerprint density at radius 1 is 1.21 bits per heavy atom. The van der Waals surface area contributed by atoms with E-state index < -0.39 is 66.2 Å². The summed E-state index contributed by atoms with van der Waals surface area (Å²) in [5.41, 5.74) is 6.44. The van der Waals surface area contributed by atoms with Gasteiger partial charge in [-0.1, -0.05) is 13.8 Å². The van der Waals surface area contributed by atoms with Crippen molar-refractivity contribution in [3.63, 3.8) is 0 Å². The average molecular weight is 466 g/mol. The van der Waals surface area contributed by atoms with Crippen molar-refractivity contribution in [2.45, 2.75) is 63.7 Å². The lowest BCUT2D eigenvalue weighted by Crippen LogP contribution is -2.59. The highest BCUT2D eigenvalue weighted by Gasteiger charge is 2.39. The molecule has 0 bridgehead atoms.